The molecule has 0 atom stereocenters. The molecule has 39 heavy (non-hydrogen) atoms. The highest BCUT2D eigenvalue weighted by atomic mass is 35.5. The number of carbonyl (C=O) groups excluding carboxylic acids is 1. The van der Waals surface area contributed by atoms with Crippen molar-refractivity contribution in [2.24, 2.45) is 0 Å². The van der Waals surface area contributed by atoms with Crippen LogP contribution in [0.2, 0.25) is 5.02 Å². The van der Waals surface area contributed by atoms with Gasteiger partial charge in [0.1, 0.15) is 17.1 Å². The summed E-state index contributed by atoms with van der Waals surface area (Å²) >= 11 is 6.46. The molecule has 0 bridgehead atoms. The van der Waals surface area contributed by atoms with Gasteiger partial charge in [0, 0.05) is 18.4 Å². The van der Waals surface area contributed by atoms with Crippen molar-refractivity contribution in [3.05, 3.63) is 65.8 Å². The first kappa shape index (κ1) is 30.4. The molecule has 1 aliphatic rings. The predicted molar refractivity (Wildman–Crippen MR) is 167 cm³/mol. The van der Waals surface area contributed by atoms with Crippen LogP contribution in [0.1, 0.15) is 24.3 Å². The van der Waals surface area contributed by atoms with Crippen LogP contribution in [0, 0.1) is 0 Å². The summed E-state index contributed by atoms with van der Waals surface area (Å²) in [4.78, 5) is 20.5. The monoisotopic (exact) mass is 568 g/mol. The fourth-order valence-corrected chi connectivity index (χ4v) is 5.60. The second-order valence-corrected chi connectivity index (χ2v) is 12.1. The molecule has 0 radical (unpaired) electrons. The molecule has 2 aromatic carbocycles. The number of methoxy groups -OCH3 is 1. The van der Waals surface area contributed by atoms with Gasteiger partial charge in [-0.15, -0.1) is 0 Å². The van der Waals surface area contributed by atoms with Gasteiger partial charge >= 0.3 is 0 Å². The van der Waals surface area contributed by atoms with Crippen LogP contribution >= 0.6 is 19.5 Å². The summed E-state index contributed by atoms with van der Waals surface area (Å²) in [6.45, 7) is 9.77. The highest BCUT2D eigenvalue weighted by Crippen LogP contribution is 2.40. The number of halogens is 1. The first-order valence-corrected chi connectivity index (χ1v) is 15.4. The molecule has 8 nitrogen and oxygen atoms in total. The third kappa shape index (κ3) is 8.15. The molecular formula is C29H38ClN6O2P. The molecule has 1 saturated heterocycles. The number of likely N-dealkylation sites (tertiary alicyclic amines) is 1. The Morgan fingerprint density at radius 3 is 2.44 bits per heavy atom. The molecule has 2 heterocycles. The second kappa shape index (κ2) is 14.8. The lowest BCUT2D eigenvalue weighted by atomic mass is 9.88. The summed E-state index contributed by atoms with van der Waals surface area (Å²) in [6.07, 6.45) is 5.71. The van der Waals surface area contributed by atoms with Crippen LogP contribution in [0.3, 0.4) is 0 Å². The Balaban J connectivity index is 0.000000983. The van der Waals surface area contributed by atoms with Crippen LogP contribution in [0.15, 0.2) is 55.3 Å². The fourth-order valence-electron chi connectivity index (χ4n) is 4.47. The number of benzene rings is 2. The molecule has 0 unspecified atom stereocenters. The quantitative estimate of drug-likeness (QED) is 0.159. The first-order valence-electron chi connectivity index (χ1n) is 12.8. The van der Waals surface area contributed by atoms with Crippen molar-refractivity contribution in [1.82, 2.24) is 14.9 Å². The summed E-state index contributed by atoms with van der Waals surface area (Å²) in [5, 5.41) is 11.8. The maximum atomic E-state index is 9.06. The third-order valence-corrected chi connectivity index (χ3v) is 8.16. The van der Waals surface area contributed by atoms with E-state index < -0.39 is 0 Å². The molecular weight excluding hydrogens is 531 g/mol. The Morgan fingerprint density at radius 2 is 1.82 bits per heavy atom. The van der Waals surface area contributed by atoms with Gasteiger partial charge in [-0.05, 0) is 87.4 Å². The molecule has 208 valence electrons. The topological polar surface area (TPSA) is 91.4 Å². The highest BCUT2D eigenvalue weighted by Gasteiger charge is 2.23. The molecule has 0 amide bonds. The Kier molecular flexibility index (Phi) is 11.5. The number of aromatic nitrogens is 2. The normalized spacial score (nSPS) is 13.7. The number of para-hydroxylation sites is 1. The summed E-state index contributed by atoms with van der Waals surface area (Å²) in [5.74, 6) is 2.27. The van der Waals surface area contributed by atoms with E-state index in [4.69, 9.17) is 21.1 Å². The highest BCUT2D eigenvalue weighted by molar-refractivity contribution is 7.64. The smallest absolute Gasteiger partial charge is 0.229 e. The Bertz CT molecular complexity index is 1260. The minimum absolute atomic E-state index is 0.284. The van der Waals surface area contributed by atoms with Gasteiger partial charge in [0.2, 0.25) is 5.95 Å². The fraction of sp³-hybridized carbons (Fsp3) is 0.345. The van der Waals surface area contributed by atoms with Crippen molar-refractivity contribution in [3.63, 3.8) is 0 Å². The summed E-state index contributed by atoms with van der Waals surface area (Å²) in [7, 11) is 5.55. The van der Waals surface area contributed by atoms with Crippen molar-refractivity contribution >= 4 is 59.9 Å². The molecule has 4 rings (SSSR count). The SMILES string of the molecule is C=CC=O.CNc1cc(Nc2ncc(Cl)c(Nc3ccccc3P(C)C)n2)c(OC)cc1C1CCN(C)CC1. The van der Waals surface area contributed by atoms with Crippen molar-refractivity contribution in [2.75, 3.05) is 63.6 Å². The molecule has 1 aromatic heterocycles. The number of rotatable bonds is 9. The number of nitrogens with zero attached hydrogens (tertiary/aromatic N) is 3. The molecule has 10 heteroatoms. The summed E-state index contributed by atoms with van der Waals surface area (Å²) in [6, 6.07) is 12.5. The van der Waals surface area contributed by atoms with Crippen LogP contribution in [-0.4, -0.2) is 68.8 Å². The van der Waals surface area contributed by atoms with Gasteiger partial charge in [-0.25, -0.2) is 4.98 Å². The predicted octanol–water partition coefficient (Wildman–Crippen LogP) is 6.21. The number of aldehydes is 1. The van der Waals surface area contributed by atoms with E-state index >= 15 is 0 Å². The zero-order valence-corrected chi connectivity index (χ0v) is 24.9. The average molecular weight is 569 g/mol. The van der Waals surface area contributed by atoms with E-state index in [1.54, 1.807) is 13.3 Å². The van der Waals surface area contributed by atoms with Crippen molar-refractivity contribution in [2.45, 2.75) is 18.8 Å². The van der Waals surface area contributed by atoms with Gasteiger partial charge in [-0.2, -0.15) is 4.98 Å². The number of hydrogen-bond acceptors (Lipinski definition) is 8. The van der Waals surface area contributed by atoms with Crippen LogP contribution in [0.4, 0.5) is 28.8 Å². The number of piperidine rings is 1. The van der Waals surface area contributed by atoms with Gasteiger partial charge < -0.3 is 25.6 Å². The Morgan fingerprint density at radius 1 is 1.13 bits per heavy atom. The lowest BCUT2D eigenvalue weighted by Crippen LogP contribution is -2.29. The van der Waals surface area contributed by atoms with E-state index in [0.29, 0.717) is 29.0 Å². The number of anilines is 5. The average Bonchev–Trinajstić information content (AvgIpc) is 2.95. The second-order valence-electron chi connectivity index (χ2n) is 9.39. The third-order valence-electron chi connectivity index (χ3n) is 6.53. The van der Waals surface area contributed by atoms with Gasteiger partial charge in [-0.1, -0.05) is 44.3 Å². The van der Waals surface area contributed by atoms with Gasteiger partial charge in [0.05, 0.1) is 19.0 Å². The zero-order chi connectivity index (χ0) is 28.4. The number of nitrogens with one attached hydrogen (secondary N) is 3. The molecule has 3 aromatic rings. The molecule has 1 aliphatic heterocycles. The van der Waals surface area contributed by atoms with E-state index in [2.05, 4.69) is 82.0 Å². The standard InChI is InChI=1S/C26H34ClN6OP.C3H4O/c1-28-21-15-22(23(34-3)14-18(21)17-10-12-33(2)13-11-17)31-26-29-16-19(27)25(32-26)30-20-8-6-7-9-24(20)35(4)5;1-2-3-4/h6-9,14-17,28H,10-13H2,1-5H3,(H2,29,30,31,32);2-3H,1H2. The molecule has 0 aliphatic carbocycles. The summed E-state index contributed by atoms with van der Waals surface area (Å²) < 4.78 is 5.77. The van der Waals surface area contributed by atoms with E-state index in [0.717, 1.165) is 48.7 Å². The lowest BCUT2D eigenvalue weighted by molar-refractivity contribution is -0.104. The molecule has 3 N–H and O–H groups in total. The number of hydrogen-bond donors (Lipinski definition) is 3. The largest absolute Gasteiger partial charge is 0.495 e. The summed E-state index contributed by atoms with van der Waals surface area (Å²) in [5.41, 5.74) is 4.18. The minimum Gasteiger partial charge on any atom is -0.495 e. The van der Waals surface area contributed by atoms with Gasteiger partial charge in [0.15, 0.2) is 5.82 Å². The van der Waals surface area contributed by atoms with Crippen molar-refractivity contribution in [3.8, 4) is 5.75 Å². The lowest BCUT2D eigenvalue weighted by Gasteiger charge is -2.31. The molecule has 1 fully saturated rings. The van der Waals surface area contributed by atoms with E-state index in [-0.39, 0.29) is 7.92 Å². The maximum absolute atomic E-state index is 9.06. The maximum Gasteiger partial charge on any atom is 0.229 e. The minimum atomic E-state index is -0.284. The van der Waals surface area contributed by atoms with E-state index in [1.165, 1.54) is 16.9 Å². The van der Waals surface area contributed by atoms with Crippen molar-refractivity contribution in [1.29, 1.82) is 0 Å². The number of carbonyl (C=O) groups is 1. The number of allylic oxidation sites excluding steroid dienone is 1. The van der Waals surface area contributed by atoms with E-state index in [1.807, 2.05) is 19.2 Å². The first-order chi connectivity index (χ1) is 18.8. The Hall–Kier alpha value is -3.19. The van der Waals surface area contributed by atoms with Crippen LogP contribution < -0.4 is 26.0 Å². The van der Waals surface area contributed by atoms with Crippen molar-refractivity contribution < 1.29 is 9.53 Å². The van der Waals surface area contributed by atoms with Gasteiger partial charge in [0.25, 0.3) is 0 Å². The van der Waals surface area contributed by atoms with Crippen LogP contribution in [0.5, 0.6) is 5.75 Å². The number of ether oxygens (including phenoxy) is 1. The Labute approximate surface area is 238 Å². The molecule has 0 spiro atoms. The van der Waals surface area contributed by atoms with Crippen LogP contribution in [0.25, 0.3) is 0 Å². The molecule has 0 saturated carbocycles. The zero-order valence-electron chi connectivity index (χ0n) is 23.3. The van der Waals surface area contributed by atoms with Gasteiger partial charge in [-0.3, -0.25) is 4.79 Å². The van der Waals surface area contributed by atoms with Crippen LogP contribution in [-0.2, 0) is 4.79 Å². The van der Waals surface area contributed by atoms with E-state index in [9.17, 15) is 0 Å².